The highest BCUT2D eigenvalue weighted by molar-refractivity contribution is 8.00. The summed E-state index contributed by atoms with van der Waals surface area (Å²) in [6, 6.07) is 18.8. The third kappa shape index (κ3) is 3.87. The Morgan fingerprint density at radius 1 is 0.929 bits per heavy atom. The number of ether oxygens (including phenoxy) is 1. The van der Waals surface area contributed by atoms with Gasteiger partial charge in [0.25, 0.3) is 11.8 Å². The SMILES string of the molecule is O=C(c1ccccc1)N1CCC2(CC1)SCCN2C(=O)COc1ccccc1. The zero-order valence-corrected chi connectivity index (χ0v) is 16.6. The van der Waals surface area contributed by atoms with Crippen LogP contribution >= 0.6 is 11.8 Å². The molecule has 1 spiro atoms. The van der Waals surface area contributed by atoms with Gasteiger partial charge in [0.1, 0.15) is 5.75 Å². The van der Waals surface area contributed by atoms with E-state index in [0.717, 1.165) is 30.7 Å². The molecule has 0 bridgehead atoms. The van der Waals surface area contributed by atoms with E-state index in [4.69, 9.17) is 4.74 Å². The van der Waals surface area contributed by atoms with Gasteiger partial charge >= 0.3 is 0 Å². The molecule has 0 aromatic heterocycles. The monoisotopic (exact) mass is 396 g/mol. The molecule has 0 saturated carbocycles. The van der Waals surface area contributed by atoms with Gasteiger partial charge < -0.3 is 14.5 Å². The molecule has 4 rings (SSSR count). The van der Waals surface area contributed by atoms with Crippen molar-refractivity contribution in [3.8, 4) is 5.75 Å². The molecule has 28 heavy (non-hydrogen) atoms. The molecule has 0 unspecified atom stereocenters. The fourth-order valence-electron chi connectivity index (χ4n) is 3.94. The molecule has 0 radical (unpaired) electrons. The highest BCUT2D eigenvalue weighted by Gasteiger charge is 2.46. The van der Waals surface area contributed by atoms with Crippen LogP contribution in [0.3, 0.4) is 0 Å². The topological polar surface area (TPSA) is 49.9 Å². The molecule has 2 fully saturated rings. The molecule has 146 valence electrons. The number of carbonyl (C=O) groups excluding carboxylic acids is 2. The van der Waals surface area contributed by atoms with Gasteiger partial charge in [-0.1, -0.05) is 36.4 Å². The number of hydrogen-bond donors (Lipinski definition) is 0. The Morgan fingerprint density at radius 3 is 2.25 bits per heavy atom. The van der Waals surface area contributed by atoms with Crippen LogP contribution in [-0.4, -0.2) is 58.5 Å². The standard InChI is InChI=1S/C22H24N2O3S/c25-20(17-27-19-9-5-2-6-10-19)24-15-16-28-22(24)11-13-23(14-12-22)21(26)18-7-3-1-4-8-18/h1-10H,11-17H2. The summed E-state index contributed by atoms with van der Waals surface area (Å²) in [6.45, 7) is 2.14. The van der Waals surface area contributed by atoms with E-state index in [1.165, 1.54) is 0 Å². The predicted molar refractivity (Wildman–Crippen MR) is 110 cm³/mol. The minimum atomic E-state index is -0.204. The van der Waals surface area contributed by atoms with Crippen molar-refractivity contribution in [1.29, 1.82) is 0 Å². The minimum absolute atomic E-state index is 0.0247. The van der Waals surface area contributed by atoms with Crippen LogP contribution in [0, 0.1) is 0 Å². The van der Waals surface area contributed by atoms with Crippen LogP contribution in [0.1, 0.15) is 23.2 Å². The van der Waals surface area contributed by atoms with Crippen LogP contribution in [0.15, 0.2) is 60.7 Å². The molecule has 5 nitrogen and oxygen atoms in total. The summed E-state index contributed by atoms with van der Waals surface area (Å²) in [5.41, 5.74) is 0.724. The number of benzene rings is 2. The first-order valence-corrected chi connectivity index (χ1v) is 10.6. The summed E-state index contributed by atoms with van der Waals surface area (Å²) in [5.74, 6) is 1.74. The van der Waals surface area contributed by atoms with Gasteiger partial charge in [-0.25, -0.2) is 0 Å². The second-order valence-electron chi connectivity index (χ2n) is 7.10. The Labute approximate surface area is 169 Å². The molecule has 0 aliphatic carbocycles. The van der Waals surface area contributed by atoms with E-state index in [-0.39, 0.29) is 23.3 Å². The lowest BCUT2D eigenvalue weighted by Crippen LogP contribution is -2.54. The van der Waals surface area contributed by atoms with Gasteiger partial charge in [-0.2, -0.15) is 0 Å². The van der Waals surface area contributed by atoms with Crippen molar-refractivity contribution in [1.82, 2.24) is 9.80 Å². The van der Waals surface area contributed by atoms with Crippen LogP contribution in [-0.2, 0) is 4.79 Å². The van der Waals surface area contributed by atoms with E-state index < -0.39 is 0 Å². The molecule has 2 heterocycles. The Kier molecular flexibility index (Phi) is 5.57. The molecule has 2 aromatic rings. The summed E-state index contributed by atoms with van der Waals surface area (Å²) in [6.07, 6.45) is 1.60. The number of carbonyl (C=O) groups is 2. The van der Waals surface area contributed by atoms with E-state index in [2.05, 4.69) is 0 Å². The molecule has 2 aliphatic rings. The fraction of sp³-hybridized carbons (Fsp3) is 0.364. The van der Waals surface area contributed by atoms with Crippen LogP contribution in [0.4, 0.5) is 0 Å². The molecular weight excluding hydrogens is 372 g/mol. The third-order valence-electron chi connectivity index (χ3n) is 5.44. The van der Waals surface area contributed by atoms with Gasteiger partial charge in [-0.15, -0.1) is 11.8 Å². The summed E-state index contributed by atoms with van der Waals surface area (Å²) < 4.78 is 5.67. The van der Waals surface area contributed by atoms with Gasteiger partial charge in [0, 0.05) is 31.0 Å². The average molecular weight is 397 g/mol. The maximum Gasteiger partial charge on any atom is 0.261 e. The maximum atomic E-state index is 12.8. The normalized spacial score (nSPS) is 18.3. The number of rotatable bonds is 4. The average Bonchev–Trinajstić information content (AvgIpc) is 3.16. The Balaban J connectivity index is 1.37. The molecule has 6 heteroatoms. The number of amides is 2. The van der Waals surface area contributed by atoms with Gasteiger partial charge in [0.15, 0.2) is 6.61 Å². The van der Waals surface area contributed by atoms with Crippen molar-refractivity contribution in [3.05, 3.63) is 66.2 Å². The van der Waals surface area contributed by atoms with Crippen molar-refractivity contribution >= 4 is 23.6 Å². The van der Waals surface area contributed by atoms with Crippen LogP contribution in [0.2, 0.25) is 0 Å². The molecule has 2 amide bonds. The zero-order valence-electron chi connectivity index (χ0n) is 15.8. The van der Waals surface area contributed by atoms with E-state index in [0.29, 0.717) is 18.8 Å². The van der Waals surface area contributed by atoms with Gasteiger partial charge in [-0.05, 0) is 37.1 Å². The van der Waals surface area contributed by atoms with Gasteiger partial charge in [0.2, 0.25) is 0 Å². The molecule has 0 N–H and O–H groups in total. The molecule has 0 atom stereocenters. The fourth-order valence-corrected chi connectivity index (χ4v) is 5.41. The lowest BCUT2D eigenvalue weighted by molar-refractivity contribution is -0.136. The number of hydrogen-bond acceptors (Lipinski definition) is 4. The summed E-state index contributed by atoms with van der Waals surface area (Å²) in [4.78, 5) is 29.2. The second-order valence-corrected chi connectivity index (χ2v) is 8.56. The van der Waals surface area contributed by atoms with E-state index in [1.807, 2.05) is 82.2 Å². The van der Waals surface area contributed by atoms with Crippen LogP contribution < -0.4 is 4.74 Å². The van der Waals surface area contributed by atoms with Gasteiger partial charge in [0.05, 0.1) is 4.87 Å². The minimum Gasteiger partial charge on any atom is -0.484 e. The van der Waals surface area contributed by atoms with E-state index in [1.54, 1.807) is 0 Å². The lowest BCUT2D eigenvalue weighted by atomic mass is 10.0. The highest BCUT2D eigenvalue weighted by atomic mass is 32.2. The number of para-hydroxylation sites is 1. The van der Waals surface area contributed by atoms with E-state index in [9.17, 15) is 9.59 Å². The number of thioether (sulfide) groups is 1. The highest BCUT2D eigenvalue weighted by Crippen LogP contribution is 2.44. The smallest absolute Gasteiger partial charge is 0.261 e. The Hall–Kier alpha value is -2.47. The maximum absolute atomic E-state index is 12.8. The first kappa shape index (κ1) is 18.9. The van der Waals surface area contributed by atoms with Gasteiger partial charge in [-0.3, -0.25) is 9.59 Å². The third-order valence-corrected chi connectivity index (χ3v) is 6.99. The number of piperidine rings is 1. The number of likely N-dealkylation sites (tertiary alicyclic amines) is 1. The zero-order chi connectivity index (χ0) is 19.4. The first-order chi connectivity index (χ1) is 13.7. The van der Waals surface area contributed by atoms with Crippen molar-refractivity contribution in [2.75, 3.05) is 32.0 Å². The molecular formula is C22H24N2O3S. The van der Waals surface area contributed by atoms with Crippen molar-refractivity contribution in [2.24, 2.45) is 0 Å². The summed E-state index contributed by atoms with van der Waals surface area (Å²) in [5, 5.41) is 0. The Bertz CT molecular complexity index is 820. The quantitative estimate of drug-likeness (QED) is 0.796. The van der Waals surface area contributed by atoms with Crippen molar-refractivity contribution < 1.29 is 14.3 Å². The Morgan fingerprint density at radius 2 is 1.57 bits per heavy atom. The number of nitrogens with zero attached hydrogens (tertiary/aromatic N) is 2. The molecule has 2 aliphatic heterocycles. The summed E-state index contributed by atoms with van der Waals surface area (Å²) in [7, 11) is 0. The van der Waals surface area contributed by atoms with Crippen molar-refractivity contribution in [2.45, 2.75) is 17.7 Å². The lowest BCUT2D eigenvalue weighted by Gasteiger charge is -2.44. The van der Waals surface area contributed by atoms with Crippen LogP contribution in [0.5, 0.6) is 5.75 Å². The molecule has 2 aromatic carbocycles. The largest absolute Gasteiger partial charge is 0.484 e. The van der Waals surface area contributed by atoms with Crippen LogP contribution in [0.25, 0.3) is 0 Å². The molecule has 2 saturated heterocycles. The predicted octanol–water partition coefficient (Wildman–Crippen LogP) is 3.27. The van der Waals surface area contributed by atoms with E-state index >= 15 is 0 Å². The first-order valence-electron chi connectivity index (χ1n) is 9.65. The second kappa shape index (κ2) is 8.27. The summed E-state index contributed by atoms with van der Waals surface area (Å²) >= 11 is 1.84. The van der Waals surface area contributed by atoms with Crippen molar-refractivity contribution in [3.63, 3.8) is 0 Å².